The highest BCUT2D eigenvalue weighted by molar-refractivity contribution is 9.10. The second kappa shape index (κ2) is 5.23. The molecule has 2 rings (SSSR count). The molecule has 1 atom stereocenters. The zero-order valence-corrected chi connectivity index (χ0v) is 10.5. The molecule has 2 aromatic rings. The van der Waals surface area contributed by atoms with Gasteiger partial charge in [0, 0.05) is 0 Å². The van der Waals surface area contributed by atoms with Crippen LogP contribution in [0, 0.1) is 5.82 Å². The van der Waals surface area contributed by atoms with Crippen LogP contribution in [0.1, 0.15) is 17.0 Å². The number of benzene rings is 2. The number of hydrogen-bond acceptors (Lipinski definition) is 1. The number of aldehydes is 1. The van der Waals surface area contributed by atoms with Gasteiger partial charge in [0.25, 0.3) is 0 Å². The molecule has 3 heteroatoms. The first-order valence-electron chi connectivity index (χ1n) is 5.17. The molecule has 1 nitrogen and oxygen atoms in total. The van der Waals surface area contributed by atoms with Crippen molar-refractivity contribution in [3.05, 3.63) is 69.9 Å². The summed E-state index contributed by atoms with van der Waals surface area (Å²) in [5.41, 5.74) is 1.52. The van der Waals surface area contributed by atoms with E-state index in [9.17, 15) is 9.18 Å². The van der Waals surface area contributed by atoms with Crippen molar-refractivity contribution < 1.29 is 9.18 Å². The van der Waals surface area contributed by atoms with E-state index in [0.29, 0.717) is 10.0 Å². The van der Waals surface area contributed by atoms with Crippen LogP contribution in [-0.2, 0) is 4.79 Å². The lowest BCUT2D eigenvalue weighted by Gasteiger charge is -2.11. The smallest absolute Gasteiger partial charge is 0.137 e. The third-order valence-corrected chi connectivity index (χ3v) is 3.24. The van der Waals surface area contributed by atoms with Crippen molar-refractivity contribution in [1.29, 1.82) is 0 Å². The molecule has 86 valence electrons. The minimum Gasteiger partial charge on any atom is -0.302 e. The molecule has 0 fully saturated rings. The maximum atomic E-state index is 13.4. The number of halogens is 2. The van der Waals surface area contributed by atoms with Crippen LogP contribution in [0.15, 0.2) is 53.0 Å². The monoisotopic (exact) mass is 292 g/mol. The molecule has 0 spiro atoms. The summed E-state index contributed by atoms with van der Waals surface area (Å²) in [6.45, 7) is 0. The summed E-state index contributed by atoms with van der Waals surface area (Å²) in [7, 11) is 0. The Bertz CT molecular complexity index is 525. The Morgan fingerprint density at radius 2 is 1.76 bits per heavy atom. The fourth-order valence-electron chi connectivity index (χ4n) is 1.72. The van der Waals surface area contributed by atoms with Gasteiger partial charge in [-0.05, 0) is 39.2 Å². The minimum absolute atomic E-state index is 0.356. The molecular formula is C14H10BrFO. The molecule has 17 heavy (non-hydrogen) atoms. The molecule has 0 aliphatic heterocycles. The first-order valence-corrected chi connectivity index (χ1v) is 5.97. The lowest BCUT2D eigenvalue weighted by molar-refractivity contribution is -0.108. The average Bonchev–Trinajstić information content (AvgIpc) is 2.36. The molecule has 1 unspecified atom stereocenters. The summed E-state index contributed by atoms with van der Waals surface area (Å²) in [6, 6.07) is 14.1. The van der Waals surface area contributed by atoms with Crippen LogP contribution < -0.4 is 0 Å². The van der Waals surface area contributed by atoms with Gasteiger partial charge < -0.3 is 4.79 Å². The molecule has 0 aliphatic carbocycles. The van der Waals surface area contributed by atoms with E-state index in [1.165, 1.54) is 6.07 Å². The third-order valence-electron chi connectivity index (χ3n) is 2.60. The minimum atomic E-state index is -0.418. The third kappa shape index (κ3) is 2.61. The van der Waals surface area contributed by atoms with E-state index in [0.717, 1.165) is 11.8 Å². The highest BCUT2D eigenvalue weighted by Crippen LogP contribution is 2.25. The quantitative estimate of drug-likeness (QED) is 0.784. The highest BCUT2D eigenvalue weighted by atomic mass is 79.9. The van der Waals surface area contributed by atoms with Gasteiger partial charge in [-0.2, -0.15) is 0 Å². The van der Waals surface area contributed by atoms with Crippen LogP contribution >= 0.6 is 15.9 Å². The Balaban J connectivity index is 2.42. The van der Waals surface area contributed by atoms with Crippen molar-refractivity contribution in [2.24, 2.45) is 0 Å². The fourth-order valence-corrected chi connectivity index (χ4v) is 1.96. The van der Waals surface area contributed by atoms with Gasteiger partial charge in [0.1, 0.15) is 12.1 Å². The summed E-state index contributed by atoms with van der Waals surface area (Å²) in [6.07, 6.45) is 0.831. The Labute approximate surface area is 107 Å². The SMILES string of the molecule is O=CC(c1ccccc1)c1ccc(Br)c(F)c1. The Hall–Kier alpha value is -1.48. The van der Waals surface area contributed by atoms with Gasteiger partial charge in [0.2, 0.25) is 0 Å². The molecule has 0 N–H and O–H groups in total. The number of rotatable bonds is 3. The van der Waals surface area contributed by atoms with Gasteiger partial charge in [-0.3, -0.25) is 0 Å². The van der Waals surface area contributed by atoms with Crippen LogP contribution in [-0.4, -0.2) is 6.29 Å². The molecule has 2 aromatic carbocycles. The summed E-state index contributed by atoms with van der Waals surface area (Å²) in [5, 5.41) is 0. The molecule has 0 amide bonds. The van der Waals surface area contributed by atoms with Crippen LogP contribution in [0.4, 0.5) is 4.39 Å². The van der Waals surface area contributed by atoms with Gasteiger partial charge in [-0.15, -0.1) is 0 Å². The first kappa shape index (κ1) is 12.0. The molecule has 0 bridgehead atoms. The normalized spacial score (nSPS) is 12.1. The average molecular weight is 293 g/mol. The molecular weight excluding hydrogens is 283 g/mol. The second-order valence-electron chi connectivity index (χ2n) is 3.70. The van der Waals surface area contributed by atoms with Crippen LogP contribution in [0.2, 0.25) is 0 Å². The fraction of sp³-hybridized carbons (Fsp3) is 0.0714. The topological polar surface area (TPSA) is 17.1 Å². The predicted molar refractivity (Wildman–Crippen MR) is 68.4 cm³/mol. The number of carbonyl (C=O) groups excluding carboxylic acids is 1. The van der Waals surface area contributed by atoms with E-state index in [-0.39, 0.29) is 5.82 Å². The zero-order chi connectivity index (χ0) is 12.3. The van der Waals surface area contributed by atoms with Crippen molar-refractivity contribution in [3.8, 4) is 0 Å². The lowest BCUT2D eigenvalue weighted by atomic mass is 9.93. The first-order chi connectivity index (χ1) is 8.22. The van der Waals surface area contributed by atoms with Gasteiger partial charge in [0.05, 0.1) is 10.4 Å². The standard InChI is InChI=1S/C14H10BrFO/c15-13-7-6-11(8-14(13)16)12(9-17)10-4-2-1-3-5-10/h1-9,12H. The molecule has 0 heterocycles. The maximum absolute atomic E-state index is 13.4. The van der Waals surface area contributed by atoms with Crippen LogP contribution in [0.3, 0.4) is 0 Å². The van der Waals surface area contributed by atoms with Gasteiger partial charge in [-0.25, -0.2) is 4.39 Å². The number of hydrogen-bond donors (Lipinski definition) is 0. The van der Waals surface area contributed by atoms with E-state index in [2.05, 4.69) is 15.9 Å². The van der Waals surface area contributed by atoms with Crippen LogP contribution in [0.5, 0.6) is 0 Å². The lowest BCUT2D eigenvalue weighted by Crippen LogP contribution is -2.02. The van der Waals surface area contributed by atoms with Crippen molar-refractivity contribution in [3.63, 3.8) is 0 Å². The highest BCUT2D eigenvalue weighted by Gasteiger charge is 2.14. The van der Waals surface area contributed by atoms with Crippen molar-refractivity contribution in [2.45, 2.75) is 5.92 Å². The largest absolute Gasteiger partial charge is 0.302 e. The van der Waals surface area contributed by atoms with Gasteiger partial charge in [-0.1, -0.05) is 36.4 Å². The molecule has 0 radical (unpaired) electrons. The van der Waals surface area contributed by atoms with Crippen molar-refractivity contribution in [1.82, 2.24) is 0 Å². The second-order valence-corrected chi connectivity index (χ2v) is 4.55. The molecule has 0 aromatic heterocycles. The Morgan fingerprint density at radius 3 is 2.35 bits per heavy atom. The van der Waals surface area contributed by atoms with E-state index in [4.69, 9.17) is 0 Å². The Morgan fingerprint density at radius 1 is 1.06 bits per heavy atom. The van der Waals surface area contributed by atoms with E-state index >= 15 is 0 Å². The van der Waals surface area contributed by atoms with Crippen molar-refractivity contribution >= 4 is 22.2 Å². The zero-order valence-electron chi connectivity index (χ0n) is 8.94. The summed E-state index contributed by atoms with van der Waals surface area (Å²) in [5.74, 6) is -0.774. The van der Waals surface area contributed by atoms with Gasteiger partial charge in [0.15, 0.2) is 0 Å². The van der Waals surface area contributed by atoms with E-state index in [1.54, 1.807) is 12.1 Å². The molecule has 0 saturated carbocycles. The molecule has 0 saturated heterocycles. The van der Waals surface area contributed by atoms with Gasteiger partial charge >= 0.3 is 0 Å². The van der Waals surface area contributed by atoms with Crippen LogP contribution in [0.25, 0.3) is 0 Å². The number of carbonyl (C=O) groups is 1. The Kier molecular flexibility index (Phi) is 3.69. The maximum Gasteiger partial charge on any atom is 0.137 e. The van der Waals surface area contributed by atoms with E-state index < -0.39 is 5.92 Å². The summed E-state index contributed by atoms with van der Waals surface area (Å²) >= 11 is 3.09. The summed E-state index contributed by atoms with van der Waals surface area (Å²) in [4.78, 5) is 11.2. The van der Waals surface area contributed by atoms with Crippen molar-refractivity contribution in [2.75, 3.05) is 0 Å². The van der Waals surface area contributed by atoms with E-state index in [1.807, 2.05) is 30.3 Å². The predicted octanol–water partition coefficient (Wildman–Crippen LogP) is 3.92. The summed E-state index contributed by atoms with van der Waals surface area (Å²) < 4.78 is 13.8. The molecule has 0 aliphatic rings.